The highest BCUT2D eigenvalue weighted by molar-refractivity contribution is 7.89. The molecule has 0 fully saturated rings. The van der Waals surface area contributed by atoms with Crippen LogP contribution in [0.2, 0.25) is 0 Å². The lowest BCUT2D eigenvalue weighted by molar-refractivity contribution is 0.462. The van der Waals surface area contributed by atoms with Gasteiger partial charge in [0.1, 0.15) is 12.1 Å². The molecular weight excluding hydrogens is 280 g/mol. The molecule has 1 heterocycles. The van der Waals surface area contributed by atoms with Crippen molar-refractivity contribution in [1.29, 1.82) is 5.26 Å². The van der Waals surface area contributed by atoms with Gasteiger partial charge in [0.15, 0.2) is 0 Å². The standard InChI is InChI=1S/C13H12N2O4S/c1-2-15(8-7-14)20(17,18)11-4-5-12-10(9-11)3-6-13(16)19-12/h3-6,9H,2,8H2,1H3. The van der Waals surface area contributed by atoms with E-state index < -0.39 is 15.6 Å². The average Bonchev–Trinajstić information content (AvgIpc) is 2.43. The molecule has 1 aromatic carbocycles. The monoisotopic (exact) mass is 292 g/mol. The second-order valence-corrected chi connectivity index (χ2v) is 5.98. The molecule has 2 rings (SSSR count). The van der Waals surface area contributed by atoms with Gasteiger partial charge in [-0.15, -0.1) is 0 Å². The van der Waals surface area contributed by atoms with Gasteiger partial charge in [0.25, 0.3) is 0 Å². The first kappa shape index (κ1) is 14.2. The maximum absolute atomic E-state index is 12.3. The van der Waals surface area contributed by atoms with Gasteiger partial charge >= 0.3 is 5.63 Å². The van der Waals surface area contributed by atoms with Gasteiger partial charge in [-0.2, -0.15) is 9.57 Å². The Kier molecular flexibility index (Phi) is 3.88. The van der Waals surface area contributed by atoms with Crippen molar-refractivity contribution in [2.24, 2.45) is 0 Å². The number of benzene rings is 1. The first-order valence-electron chi connectivity index (χ1n) is 5.90. The van der Waals surface area contributed by atoms with E-state index in [1.807, 2.05) is 6.07 Å². The molecule has 0 radical (unpaired) electrons. The average molecular weight is 292 g/mol. The zero-order valence-corrected chi connectivity index (χ0v) is 11.6. The lowest BCUT2D eigenvalue weighted by atomic mass is 10.2. The molecule has 0 saturated heterocycles. The van der Waals surface area contributed by atoms with Gasteiger partial charge in [-0.3, -0.25) is 0 Å². The van der Waals surface area contributed by atoms with E-state index in [0.717, 1.165) is 4.31 Å². The van der Waals surface area contributed by atoms with Gasteiger partial charge in [-0.1, -0.05) is 6.92 Å². The Bertz CT molecular complexity index is 833. The number of sulfonamides is 1. The van der Waals surface area contributed by atoms with Crippen molar-refractivity contribution in [3.8, 4) is 6.07 Å². The van der Waals surface area contributed by atoms with Gasteiger partial charge in [0, 0.05) is 18.0 Å². The predicted molar refractivity (Wildman–Crippen MR) is 72.5 cm³/mol. The van der Waals surface area contributed by atoms with Gasteiger partial charge < -0.3 is 4.42 Å². The van der Waals surface area contributed by atoms with E-state index in [1.54, 1.807) is 6.92 Å². The summed E-state index contributed by atoms with van der Waals surface area (Å²) in [5.74, 6) is 0. The van der Waals surface area contributed by atoms with Crippen LogP contribution in [0.5, 0.6) is 0 Å². The van der Waals surface area contributed by atoms with E-state index in [2.05, 4.69) is 0 Å². The summed E-state index contributed by atoms with van der Waals surface area (Å²) in [5.41, 5.74) is -0.174. The quantitative estimate of drug-likeness (QED) is 0.626. The summed E-state index contributed by atoms with van der Waals surface area (Å²) < 4.78 is 30.7. The summed E-state index contributed by atoms with van der Waals surface area (Å²) in [6, 6.07) is 8.78. The second-order valence-electron chi connectivity index (χ2n) is 4.04. The van der Waals surface area contributed by atoms with E-state index in [0.29, 0.717) is 11.0 Å². The highest BCUT2D eigenvalue weighted by Crippen LogP contribution is 2.20. The molecule has 20 heavy (non-hydrogen) atoms. The van der Waals surface area contributed by atoms with Crippen LogP contribution in [0.15, 0.2) is 44.4 Å². The van der Waals surface area contributed by atoms with Crippen LogP contribution in [0.1, 0.15) is 6.92 Å². The molecule has 1 aromatic heterocycles. The van der Waals surface area contributed by atoms with Crippen LogP contribution in [0.25, 0.3) is 11.0 Å². The molecule has 0 atom stereocenters. The van der Waals surface area contributed by atoms with E-state index >= 15 is 0 Å². The van der Waals surface area contributed by atoms with Gasteiger partial charge in [0.2, 0.25) is 10.0 Å². The fraction of sp³-hybridized carbons (Fsp3) is 0.231. The summed E-state index contributed by atoms with van der Waals surface area (Å²) in [6.07, 6.45) is 0. The van der Waals surface area contributed by atoms with E-state index in [1.165, 1.54) is 30.3 Å². The maximum Gasteiger partial charge on any atom is 0.336 e. The van der Waals surface area contributed by atoms with Crippen molar-refractivity contribution >= 4 is 21.0 Å². The number of nitrogens with zero attached hydrogens (tertiary/aromatic N) is 2. The molecule has 104 valence electrons. The lowest BCUT2D eigenvalue weighted by Crippen LogP contribution is -2.31. The number of nitriles is 1. The third-order valence-corrected chi connectivity index (χ3v) is 4.75. The van der Waals surface area contributed by atoms with E-state index in [4.69, 9.17) is 9.68 Å². The van der Waals surface area contributed by atoms with Gasteiger partial charge in [-0.05, 0) is 24.3 Å². The highest BCUT2D eigenvalue weighted by Gasteiger charge is 2.23. The number of rotatable bonds is 4. The van der Waals surface area contributed by atoms with Crippen molar-refractivity contribution in [1.82, 2.24) is 4.31 Å². The molecule has 7 heteroatoms. The molecule has 0 saturated carbocycles. The second kappa shape index (κ2) is 5.45. The molecule has 0 N–H and O–H groups in total. The lowest BCUT2D eigenvalue weighted by Gasteiger charge is -2.17. The Morgan fingerprint density at radius 3 is 2.70 bits per heavy atom. The molecule has 0 aliphatic heterocycles. The van der Waals surface area contributed by atoms with Crippen LogP contribution in [0.3, 0.4) is 0 Å². The van der Waals surface area contributed by atoms with Crippen LogP contribution in [0, 0.1) is 11.3 Å². The minimum Gasteiger partial charge on any atom is -0.423 e. The number of hydrogen-bond acceptors (Lipinski definition) is 5. The van der Waals surface area contributed by atoms with Crippen LogP contribution in [0.4, 0.5) is 0 Å². The maximum atomic E-state index is 12.3. The molecule has 6 nitrogen and oxygen atoms in total. The van der Waals surface area contributed by atoms with E-state index in [9.17, 15) is 13.2 Å². The van der Waals surface area contributed by atoms with E-state index in [-0.39, 0.29) is 18.0 Å². The Hall–Kier alpha value is -2.17. The first-order valence-corrected chi connectivity index (χ1v) is 7.34. The summed E-state index contributed by atoms with van der Waals surface area (Å²) in [6.45, 7) is 1.66. The normalized spacial score (nSPS) is 11.7. The Labute approximate surface area is 115 Å². The molecule has 0 amide bonds. The zero-order valence-electron chi connectivity index (χ0n) is 10.7. The summed E-state index contributed by atoms with van der Waals surface area (Å²) in [5, 5.41) is 9.19. The molecule has 0 aliphatic carbocycles. The van der Waals surface area contributed by atoms with Crippen molar-refractivity contribution < 1.29 is 12.8 Å². The SMILES string of the molecule is CCN(CC#N)S(=O)(=O)c1ccc2oc(=O)ccc2c1. The number of hydrogen-bond donors (Lipinski definition) is 0. The topological polar surface area (TPSA) is 91.4 Å². The molecule has 0 spiro atoms. The Morgan fingerprint density at radius 2 is 2.05 bits per heavy atom. The largest absolute Gasteiger partial charge is 0.423 e. The molecule has 2 aromatic rings. The summed E-state index contributed by atoms with van der Waals surface area (Å²) in [7, 11) is -3.72. The van der Waals surface area contributed by atoms with Crippen LogP contribution >= 0.6 is 0 Å². The fourth-order valence-corrected chi connectivity index (χ4v) is 3.19. The van der Waals surface area contributed by atoms with Gasteiger partial charge in [-0.25, -0.2) is 13.2 Å². The van der Waals surface area contributed by atoms with Crippen LogP contribution < -0.4 is 5.63 Å². The third kappa shape index (κ3) is 2.57. The van der Waals surface area contributed by atoms with Crippen molar-refractivity contribution in [2.75, 3.05) is 13.1 Å². The Morgan fingerprint density at radius 1 is 1.30 bits per heavy atom. The minimum absolute atomic E-state index is 0.0657. The van der Waals surface area contributed by atoms with Gasteiger partial charge in [0.05, 0.1) is 11.0 Å². The van der Waals surface area contributed by atoms with Crippen molar-refractivity contribution in [3.63, 3.8) is 0 Å². The molecule has 0 aliphatic rings. The van der Waals surface area contributed by atoms with Crippen LogP contribution in [-0.4, -0.2) is 25.8 Å². The third-order valence-electron chi connectivity index (χ3n) is 2.83. The summed E-state index contributed by atoms with van der Waals surface area (Å²) in [4.78, 5) is 11.1. The van der Waals surface area contributed by atoms with Crippen molar-refractivity contribution in [2.45, 2.75) is 11.8 Å². The smallest absolute Gasteiger partial charge is 0.336 e. The molecule has 0 unspecified atom stereocenters. The molecule has 0 bridgehead atoms. The fourth-order valence-electron chi connectivity index (χ4n) is 1.81. The first-order chi connectivity index (χ1) is 9.48. The predicted octanol–water partition coefficient (Wildman–Crippen LogP) is 1.33. The number of fused-ring (bicyclic) bond motifs is 1. The minimum atomic E-state index is -3.72. The summed E-state index contributed by atoms with van der Waals surface area (Å²) >= 11 is 0. The molecular formula is C13H12N2O4S. The highest BCUT2D eigenvalue weighted by atomic mass is 32.2. The Balaban J connectivity index is 2.55. The van der Waals surface area contributed by atoms with Crippen molar-refractivity contribution in [3.05, 3.63) is 40.8 Å². The zero-order chi connectivity index (χ0) is 14.8. The van der Waals surface area contributed by atoms with Crippen LogP contribution in [-0.2, 0) is 10.0 Å².